The topological polar surface area (TPSA) is 112 Å². The number of fused-ring (bicyclic) bond motifs is 5. The Morgan fingerprint density at radius 3 is 2.69 bits per heavy atom. The molecule has 8 heteroatoms. The van der Waals surface area contributed by atoms with Crippen LogP contribution in [0.15, 0.2) is 58.1 Å². The Hall–Kier alpha value is -4.41. The number of aromatic amines is 2. The van der Waals surface area contributed by atoms with Crippen LogP contribution >= 0.6 is 11.6 Å². The highest BCUT2D eigenvalue weighted by atomic mass is 35.5. The van der Waals surface area contributed by atoms with E-state index in [1.165, 1.54) is 43.6 Å². The van der Waals surface area contributed by atoms with E-state index in [-0.39, 0.29) is 11.8 Å². The molecule has 0 amide bonds. The van der Waals surface area contributed by atoms with Crippen molar-refractivity contribution in [1.29, 1.82) is 5.26 Å². The summed E-state index contributed by atoms with van der Waals surface area (Å²) in [5, 5.41) is 19.5. The van der Waals surface area contributed by atoms with E-state index in [1.54, 1.807) is 5.56 Å². The summed E-state index contributed by atoms with van der Waals surface area (Å²) < 4.78 is 6.00. The molecule has 0 saturated carbocycles. The first-order valence-electron chi connectivity index (χ1n) is 12.9. The van der Waals surface area contributed by atoms with Crippen LogP contribution in [-0.4, -0.2) is 21.3 Å². The molecule has 1 aromatic heterocycles. The van der Waals surface area contributed by atoms with Gasteiger partial charge in [0.15, 0.2) is 0 Å². The Balaban J connectivity index is 0.000000235. The molecule has 4 aromatic rings. The fraction of sp³-hybridized carbons (Fsp3) is 0.226. The number of halogens is 1. The third kappa shape index (κ3) is 4.58. The van der Waals surface area contributed by atoms with Crippen LogP contribution in [0.4, 0.5) is 0 Å². The third-order valence-corrected chi connectivity index (χ3v) is 7.90. The van der Waals surface area contributed by atoms with Gasteiger partial charge in [-0.1, -0.05) is 66.2 Å². The number of hydrogen-bond acceptors (Lipinski definition) is 5. The summed E-state index contributed by atoms with van der Waals surface area (Å²) in [6, 6.07) is 19.1. The average molecular weight is 537 g/mol. The van der Waals surface area contributed by atoms with E-state index in [0.29, 0.717) is 5.92 Å². The summed E-state index contributed by atoms with van der Waals surface area (Å²) >= 11 is 6.41. The average Bonchev–Trinajstić information content (AvgIpc) is 3.35. The van der Waals surface area contributed by atoms with E-state index in [4.69, 9.17) is 21.6 Å². The molecule has 2 heterocycles. The van der Waals surface area contributed by atoms with Crippen LogP contribution in [0.3, 0.4) is 0 Å². The first-order chi connectivity index (χ1) is 18.9. The quantitative estimate of drug-likeness (QED) is 0.388. The fourth-order valence-corrected chi connectivity index (χ4v) is 6.10. The van der Waals surface area contributed by atoms with Crippen molar-refractivity contribution in [1.82, 2.24) is 15.2 Å². The number of benzene rings is 3. The zero-order chi connectivity index (χ0) is 27.1. The van der Waals surface area contributed by atoms with Crippen molar-refractivity contribution < 1.29 is 4.74 Å². The van der Waals surface area contributed by atoms with Gasteiger partial charge in [-0.25, -0.2) is 9.89 Å². The van der Waals surface area contributed by atoms with Crippen LogP contribution in [0.25, 0.3) is 12.2 Å². The minimum atomic E-state index is -0.772. The summed E-state index contributed by atoms with van der Waals surface area (Å²) in [5.74, 6) is 1.34. The van der Waals surface area contributed by atoms with Crippen LogP contribution in [0.5, 0.6) is 5.75 Å². The molecule has 1 aliphatic heterocycles. The molecule has 194 valence electrons. The molecule has 2 N–H and O–H groups in total. The molecule has 3 aliphatic rings. The molecular formula is C31H25ClN4O3. The molecule has 7 nitrogen and oxygen atoms in total. The van der Waals surface area contributed by atoms with E-state index in [9.17, 15) is 9.59 Å². The highest BCUT2D eigenvalue weighted by Crippen LogP contribution is 2.42. The van der Waals surface area contributed by atoms with Crippen molar-refractivity contribution in [3.63, 3.8) is 0 Å². The Morgan fingerprint density at radius 1 is 1.03 bits per heavy atom. The second-order valence-electron chi connectivity index (χ2n) is 10.0. The number of rotatable bonds is 1. The second kappa shape index (κ2) is 10.0. The molecule has 3 aromatic carbocycles. The molecule has 0 saturated heterocycles. The van der Waals surface area contributed by atoms with Gasteiger partial charge in [0.2, 0.25) is 5.69 Å². The van der Waals surface area contributed by atoms with Crippen molar-refractivity contribution in [3.05, 3.63) is 123 Å². The minimum Gasteiger partial charge on any atom is -0.489 e. The number of H-pyrrole nitrogens is 2. The van der Waals surface area contributed by atoms with Gasteiger partial charge in [0.1, 0.15) is 17.9 Å². The largest absolute Gasteiger partial charge is 0.489 e. The second-order valence-corrected chi connectivity index (χ2v) is 10.4. The van der Waals surface area contributed by atoms with Crippen LogP contribution in [0, 0.1) is 21.8 Å². The van der Waals surface area contributed by atoms with Gasteiger partial charge in [-0.2, -0.15) is 10.4 Å². The predicted octanol–water partition coefficient (Wildman–Crippen LogP) is 3.13. The summed E-state index contributed by atoms with van der Waals surface area (Å²) in [5.41, 5.74) is 3.94. The van der Waals surface area contributed by atoms with E-state index in [1.807, 2.05) is 16.1 Å². The lowest BCUT2D eigenvalue weighted by atomic mass is 9.81. The molecule has 7 rings (SSSR count). The van der Waals surface area contributed by atoms with Crippen molar-refractivity contribution in [3.8, 4) is 11.8 Å². The Kier molecular flexibility index (Phi) is 6.41. The van der Waals surface area contributed by atoms with Gasteiger partial charge in [0.05, 0.1) is 5.02 Å². The fourth-order valence-electron chi connectivity index (χ4n) is 5.88. The third-order valence-electron chi connectivity index (χ3n) is 7.61. The summed E-state index contributed by atoms with van der Waals surface area (Å²) in [4.78, 5) is 22.6. The molecule has 0 fully saturated rings. The maximum Gasteiger partial charge on any atom is 0.342 e. The Morgan fingerprint density at radius 2 is 1.87 bits per heavy atom. The van der Waals surface area contributed by atoms with Gasteiger partial charge in [-0.05, 0) is 69.8 Å². The van der Waals surface area contributed by atoms with Crippen LogP contribution in [0.1, 0.15) is 47.2 Å². The number of nitrogens with one attached hydrogen (secondary N) is 2. The van der Waals surface area contributed by atoms with E-state index >= 15 is 0 Å². The lowest BCUT2D eigenvalue weighted by molar-refractivity contribution is 0.255. The highest BCUT2D eigenvalue weighted by Gasteiger charge is 2.28. The lowest BCUT2D eigenvalue weighted by Gasteiger charge is -2.23. The zero-order valence-electron chi connectivity index (χ0n) is 21.3. The molecular weight excluding hydrogens is 512 g/mol. The molecule has 2 atom stereocenters. The van der Waals surface area contributed by atoms with Crippen molar-refractivity contribution >= 4 is 23.8 Å². The summed E-state index contributed by atoms with van der Waals surface area (Å²) in [6.45, 7) is 2.13. The number of nitriles is 1. The van der Waals surface area contributed by atoms with Crippen molar-refractivity contribution in [2.45, 2.75) is 44.6 Å². The molecule has 39 heavy (non-hydrogen) atoms. The first-order valence-corrected chi connectivity index (χ1v) is 13.3. The maximum atomic E-state index is 10.5. The Labute approximate surface area is 228 Å². The maximum absolute atomic E-state index is 10.5. The molecule has 2 unspecified atom stereocenters. The standard InChI is InChI=1S/C27H23ClO.C4H2N4O2/c1-16-14-25-22(12-13-26(28)27(25)29-16)19-7-9-21-18(15-19)8-11-23-20-5-3-2-4-17(20)6-10-24(21)23;5-1-2-3(9)6-4(10)8-7-2/h2-6,8,11-13,15-16,19H,7,9-10,14H2,1H3;(H2,6,8,9,10). The zero-order valence-corrected chi connectivity index (χ0v) is 22.0. The normalized spacial score (nSPS) is 17.9. The van der Waals surface area contributed by atoms with Crippen LogP contribution in [0.2, 0.25) is 5.02 Å². The van der Waals surface area contributed by atoms with E-state index < -0.39 is 11.2 Å². The monoisotopic (exact) mass is 536 g/mol. The number of aromatic nitrogens is 3. The minimum absolute atomic E-state index is 0.210. The molecule has 0 spiro atoms. The van der Waals surface area contributed by atoms with Gasteiger partial charge in [0, 0.05) is 17.9 Å². The SMILES string of the molecule is CC1Cc2c(C3C=c4ccc5c(c4CC3)CC=c3ccccc3=5)ccc(Cl)c2O1.N#Cc1n[nH]c(=O)[nH]c1=O. The molecule has 0 bridgehead atoms. The van der Waals surface area contributed by atoms with Crippen molar-refractivity contribution in [2.24, 2.45) is 0 Å². The van der Waals surface area contributed by atoms with Crippen LogP contribution < -0.4 is 26.4 Å². The first kappa shape index (κ1) is 24.9. The Bertz CT molecular complexity index is 2010. The van der Waals surface area contributed by atoms with Gasteiger partial charge in [-0.15, -0.1) is 0 Å². The van der Waals surface area contributed by atoms with Gasteiger partial charge < -0.3 is 4.74 Å². The number of ether oxygens (including phenoxy) is 1. The van der Waals surface area contributed by atoms with Crippen LogP contribution in [-0.2, 0) is 19.3 Å². The number of nitrogens with zero attached hydrogens (tertiary/aromatic N) is 2. The summed E-state index contributed by atoms with van der Waals surface area (Å²) in [7, 11) is 0. The molecule has 0 radical (unpaired) electrons. The highest BCUT2D eigenvalue weighted by molar-refractivity contribution is 6.32. The van der Waals surface area contributed by atoms with E-state index in [0.717, 1.165) is 36.5 Å². The predicted molar refractivity (Wildman–Crippen MR) is 149 cm³/mol. The lowest BCUT2D eigenvalue weighted by Crippen LogP contribution is -2.25. The van der Waals surface area contributed by atoms with Gasteiger partial charge >= 0.3 is 5.69 Å². The van der Waals surface area contributed by atoms with Gasteiger partial charge in [0.25, 0.3) is 5.56 Å². The smallest absolute Gasteiger partial charge is 0.342 e. The molecule has 2 aliphatic carbocycles. The van der Waals surface area contributed by atoms with Crippen molar-refractivity contribution in [2.75, 3.05) is 0 Å². The number of hydrogen-bond donors (Lipinski definition) is 2. The van der Waals surface area contributed by atoms with E-state index in [2.05, 4.69) is 66.6 Å². The summed E-state index contributed by atoms with van der Waals surface area (Å²) in [6.07, 6.45) is 9.34. The van der Waals surface area contributed by atoms with Gasteiger partial charge in [-0.3, -0.25) is 9.78 Å².